The predicted octanol–water partition coefficient (Wildman–Crippen LogP) is 0.832. The molecule has 0 aliphatic carbocycles. The topological polar surface area (TPSA) is 92.4 Å². The van der Waals surface area contributed by atoms with E-state index >= 15 is 0 Å². The van der Waals surface area contributed by atoms with Crippen LogP contribution in [0.3, 0.4) is 0 Å². The Balaban J connectivity index is 2.38. The van der Waals surface area contributed by atoms with Crippen LogP contribution in [-0.2, 0) is 11.2 Å². The Morgan fingerprint density at radius 1 is 1.56 bits per heavy atom. The number of hydrogen-bond donors (Lipinski definition) is 2. The molecule has 0 aromatic carbocycles. The summed E-state index contributed by atoms with van der Waals surface area (Å²) in [5, 5.41) is 14.6. The first kappa shape index (κ1) is 12.2. The van der Waals surface area contributed by atoms with Crippen molar-refractivity contribution in [1.29, 1.82) is 0 Å². The SMILES string of the molecule is CCc1oncc1C(=O)NCCCC(=O)O. The van der Waals surface area contributed by atoms with Crippen LogP contribution in [0.15, 0.2) is 10.7 Å². The Labute approximate surface area is 92.6 Å². The number of nitrogens with one attached hydrogen (secondary N) is 1. The number of aromatic nitrogens is 1. The second-order valence-electron chi connectivity index (χ2n) is 3.27. The molecule has 0 unspecified atom stereocenters. The van der Waals surface area contributed by atoms with E-state index in [0.717, 1.165) is 0 Å². The highest BCUT2D eigenvalue weighted by molar-refractivity contribution is 5.94. The molecule has 0 saturated heterocycles. The fourth-order valence-electron chi connectivity index (χ4n) is 1.24. The first-order valence-corrected chi connectivity index (χ1v) is 5.08. The van der Waals surface area contributed by atoms with E-state index in [1.54, 1.807) is 0 Å². The molecule has 0 fully saturated rings. The predicted molar refractivity (Wildman–Crippen MR) is 55.1 cm³/mol. The number of carbonyl (C=O) groups excluding carboxylic acids is 1. The van der Waals surface area contributed by atoms with Crippen LogP contribution in [0.1, 0.15) is 35.9 Å². The van der Waals surface area contributed by atoms with Gasteiger partial charge in [0.05, 0.1) is 6.20 Å². The molecule has 0 bridgehead atoms. The van der Waals surface area contributed by atoms with E-state index in [-0.39, 0.29) is 12.3 Å². The number of carbonyl (C=O) groups is 2. The van der Waals surface area contributed by atoms with Gasteiger partial charge in [0.15, 0.2) is 0 Å². The van der Waals surface area contributed by atoms with Crippen molar-refractivity contribution in [2.24, 2.45) is 0 Å². The monoisotopic (exact) mass is 226 g/mol. The Bertz CT molecular complexity index is 373. The molecule has 6 nitrogen and oxygen atoms in total. The van der Waals surface area contributed by atoms with Crippen molar-refractivity contribution in [1.82, 2.24) is 10.5 Å². The smallest absolute Gasteiger partial charge is 0.303 e. The molecule has 88 valence electrons. The molecule has 1 rings (SSSR count). The lowest BCUT2D eigenvalue weighted by molar-refractivity contribution is -0.137. The number of carboxylic acids is 1. The zero-order valence-corrected chi connectivity index (χ0v) is 9.02. The first-order chi connectivity index (χ1) is 7.65. The van der Waals surface area contributed by atoms with E-state index in [9.17, 15) is 9.59 Å². The number of aryl methyl sites for hydroxylation is 1. The summed E-state index contributed by atoms with van der Waals surface area (Å²) in [5.74, 6) is -0.604. The molecule has 1 amide bonds. The van der Waals surface area contributed by atoms with E-state index in [4.69, 9.17) is 9.63 Å². The summed E-state index contributed by atoms with van der Waals surface area (Å²) in [6.45, 7) is 2.20. The summed E-state index contributed by atoms with van der Waals surface area (Å²) in [5.41, 5.74) is 0.415. The minimum Gasteiger partial charge on any atom is -0.481 e. The third-order valence-electron chi connectivity index (χ3n) is 2.06. The van der Waals surface area contributed by atoms with Crippen LogP contribution in [0.2, 0.25) is 0 Å². The highest BCUT2D eigenvalue weighted by Gasteiger charge is 2.13. The van der Waals surface area contributed by atoms with E-state index < -0.39 is 5.97 Å². The molecule has 0 saturated carbocycles. The maximum atomic E-state index is 11.6. The van der Waals surface area contributed by atoms with E-state index in [0.29, 0.717) is 30.7 Å². The summed E-state index contributed by atoms with van der Waals surface area (Å²) in [4.78, 5) is 21.8. The first-order valence-electron chi connectivity index (χ1n) is 5.08. The van der Waals surface area contributed by atoms with Crippen LogP contribution >= 0.6 is 0 Å². The molecule has 16 heavy (non-hydrogen) atoms. The van der Waals surface area contributed by atoms with Gasteiger partial charge in [0.25, 0.3) is 5.91 Å². The molecular weight excluding hydrogens is 212 g/mol. The summed E-state index contributed by atoms with van der Waals surface area (Å²) < 4.78 is 4.87. The minimum absolute atomic E-state index is 0.0462. The van der Waals surface area contributed by atoms with E-state index in [1.165, 1.54) is 6.20 Å². The zero-order chi connectivity index (χ0) is 12.0. The van der Waals surface area contributed by atoms with Crippen molar-refractivity contribution in [2.75, 3.05) is 6.54 Å². The Hall–Kier alpha value is -1.85. The van der Waals surface area contributed by atoms with Crippen molar-refractivity contribution >= 4 is 11.9 Å². The van der Waals surface area contributed by atoms with Crippen LogP contribution in [0.25, 0.3) is 0 Å². The number of rotatable bonds is 6. The number of amides is 1. The molecule has 0 atom stereocenters. The molecular formula is C10H14N2O4. The molecule has 0 spiro atoms. The van der Waals surface area contributed by atoms with Gasteiger partial charge in [0.1, 0.15) is 11.3 Å². The van der Waals surface area contributed by atoms with Crippen LogP contribution in [-0.4, -0.2) is 28.7 Å². The Morgan fingerprint density at radius 3 is 2.94 bits per heavy atom. The second kappa shape index (κ2) is 5.89. The van der Waals surface area contributed by atoms with E-state index in [2.05, 4.69) is 10.5 Å². The Kier molecular flexibility index (Phi) is 4.50. The third-order valence-corrected chi connectivity index (χ3v) is 2.06. The van der Waals surface area contributed by atoms with Crippen LogP contribution in [0.4, 0.5) is 0 Å². The summed E-state index contributed by atoms with van der Waals surface area (Å²) in [6.07, 6.45) is 2.42. The summed E-state index contributed by atoms with van der Waals surface area (Å²) in [7, 11) is 0. The quantitative estimate of drug-likeness (QED) is 0.701. The van der Waals surface area contributed by atoms with Gasteiger partial charge in [-0.25, -0.2) is 0 Å². The van der Waals surface area contributed by atoms with Crippen molar-refractivity contribution in [3.05, 3.63) is 17.5 Å². The normalized spacial score (nSPS) is 10.1. The highest BCUT2D eigenvalue weighted by Crippen LogP contribution is 2.08. The van der Waals surface area contributed by atoms with Gasteiger partial charge in [-0.15, -0.1) is 0 Å². The van der Waals surface area contributed by atoms with Crippen molar-refractivity contribution in [3.63, 3.8) is 0 Å². The lowest BCUT2D eigenvalue weighted by Crippen LogP contribution is -2.25. The van der Waals surface area contributed by atoms with Gasteiger partial charge in [0.2, 0.25) is 0 Å². The average molecular weight is 226 g/mol. The van der Waals surface area contributed by atoms with Crippen LogP contribution in [0.5, 0.6) is 0 Å². The lowest BCUT2D eigenvalue weighted by Gasteiger charge is -2.02. The maximum absolute atomic E-state index is 11.6. The number of carboxylic acid groups (broad SMARTS) is 1. The second-order valence-corrected chi connectivity index (χ2v) is 3.27. The summed E-state index contributed by atoms with van der Waals surface area (Å²) in [6, 6.07) is 0. The van der Waals surface area contributed by atoms with Gasteiger partial charge < -0.3 is 14.9 Å². The fourth-order valence-corrected chi connectivity index (χ4v) is 1.24. The van der Waals surface area contributed by atoms with Crippen LogP contribution < -0.4 is 5.32 Å². The zero-order valence-electron chi connectivity index (χ0n) is 9.02. The summed E-state index contributed by atoms with van der Waals surface area (Å²) >= 11 is 0. The molecule has 6 heteroatoms. The lowest BCUT2D eigenvalue weighted by atomic mass is 10.2. The molecule has 0 aliphatic heterocycles. The van der Waals surface area contributed by atoms with Gasteiger partial charge in [-0.05, 0) is 6.42 Å². The van der Waals surface area contributed by atoms with Gasteiger partial charge in [-0.1, -0.05) is 12.1 Å². The van der Waals surface area contributed by atoms with Gasteiger partial charge in [0, 0.05) is 19.4 Å². The van der Waals surface area contributed by atoms with Crippen molar-refractivity contribution < 1.29 is 19.2 Å². The van der Waals surface area contributed by atoms with Crippen molar-refractivity contribution in [3.8, 4) is 0 Å². The average Bonchev–Trinajstić information content (AvgIpc) is 2.71. The number of aliphatic carboxylic acids is 1. The van der Waals surface area contributed by atoms with Gasteiger partial charge in [-0.2, -0.15) is 0 Å². The van der Waals surface area contributed by atoms with Gasteiger partial charge >= 0.3 is 5.97 Å². The standard InChI is InChI=1S/C10H14N2O4/c1-2-8-7(6-12-16-8)10(15)11-5-3-4-9(13)14/h6H,2-5H2,1H3,(H,11,15)(H,13,14). The molecule has 0 radical (unpaired) electrons. The van der Waals surface area contributed by atoms with Crippen molar-refractivity contribution in [2.45, 2.75) is 26.2 Å². The fraction of sp³-hybridized carbons (Fsp3) is 0.500. The number of hydrogen-bond acceptors (Lipinski definition) is 4. The van der Waals surface area contributed by atoms with Gasteiger partial charge in [-0.3, -0.25) is 9.59 Å². The molecule has 1 aromatic rings. The molecule has 1 heterocycles. The molecule has 0 aliphatic rings. The number of nitrogens with zero attached hydrogens (tertiary/aromatic N) is 1. The van der Waals surface area contributed by atoms with E-state index in [1.807, 2.05) is 6.92 Å². The molecule has 1 aromatic heterocycles. The minimum atomic E-state index is -0.867. The maximum Gasteiger partial charge on any atom is 0.303 e. The highest BCUT2D eigenvalue weighted by atomic mass is 16.5. The largest absolute Gasteiger partial charge is 0.481 e. The Morgan fingerprint density at radius 2 is 2.31 bits per heavy atom. The molecule has 2 N–H and O–H groups in total. The third kappa shape index (κ3) is 3.38. The van der Waals surface area contributed by atoms with Crippen LogP contribution in [0, 0.1) is 0 Å².